The summed E-state index contributed by atoms with van der Waals surface area (Å²) in [7, 11) is 0. The Bertz CT molecular complexity index is 1060. The molecular weight excluding hydrogens is 350 g/mol. The monoisotopic (exact) mass is 371 g/mol. The van der Waals surface area contributed by atoms with Crippen molar-refractivity contribution in [2.75, 3.05) is 10.2 Å². The molecule has 1 aromatic heterocycles. The van der Waals surface area contributed by atoms with Gasteiger partial charge in [-0.25, -0.2) is 4.98 Å². The standard InChI is InChI=1S/C23H21N3O2/c1-15-8-3-5-10-18(15)25-22(27)19-11-7-12-20(24-19)23(28)26-16(2)14-17-9-4-6-13-21(17)26/h3-13,16H,14H2,1-2H3,(H,25,27). The van der Waals surface area contributed by atoms with Crippen molar-refractivity contribution >= 4 is 23.2 Å². The molecule has 2 heterocycles. The number of para-hydroxylation sites is 2. The number of rotatable bonds is 3. The number of hydrogen-bond acceptors (Lipinski definition) is 3. The highest BCUT2D eigenvalue weighted by molar-refractivity contribution is 6.08. The van der Waals surface area contributed by atoms with Crippen LogP contribution in [-0.4, -0.2) is 22.8 Å². The summed E-state index contributed by atoms with van der Waals surface area (Å²) in [6, 6.07) is 20.5. The number of anilines is 2. The van der Waals surface area contributed by atoms with E-state index in [0.29, 0.717) is 0 Å². The molecule has 1 N–H and O–H groups in total. The molecule has 0 saturated carbocycles. The number of nitrogens with zero attached hydrogens (tertiary/aromatic N) is 2. The Hall–Kier alpha value is -3.47. The van der Waals surface area contributed by atoms with Gasteiger partial charge in [0.15, 0.2) is 0 Å². The quantitative estimate of drug-likeness (QED) is 0.749. The summed E-state index contributed by atoms with van der Waals surface area (Å²) < 4.78 is 0. The van der Waals surface area contributed by atoms with Gasteiger partial charge in [0.1, 0.15) is 11.4 Å². The lowest BCUT2D eigenvalue weighted by Crippen LogP contribution is -2.36. The number of amides is 2. The number of nitrogens with one attached hydrogen (secondary N) is 1. The van der Waals surface area contributed by atoms with E-state index in [1.807, 2.05) is 62.4 Å². The summed E-state index contributed by atoms with van der Waals surface area (Å²) in [4.78, 5) is 31.9. The highest BCUT2D eigenvalue weighted by Gasteiger charge is 2.32. The number of aryl methyl sites for hydroxylation is 1. The van der Waals surface area contributed by atoms with E-state index in [1.54, 1.807) is 23.1 Å². The zero-order chi connectivity index (χ0) is 19.7. The molecule has 0 bridgehead atoms. The largest absolute Gasteiger partial charge is 0.320 e. The first kappa shape index (κ1) is 17.9. The first-order valence-corrected chi connectivity index (χ1v) is 9.30. The van der Waals surface area contributed by atoms with Crippen LogP contribution in [0.4, 0.5) is 11.4 Å². The topological polar surface area (TPSA) is 62.3 Å². The summed E-state index contributed by atoms with van der Waals surface area (Å²) in [5, 5.41) is 2.86. The van der Waals surface area contributed by atoms with Crippen LogP contribution < -0.4 is 10.2 Å². The van der Waals surface area contributed by atoms with Gasteiger partial charge < -0.3 is 10.2 Å². The van der Waals surface area contributed by atoms with Crippen molar-refractivity contribution in [3.8, 4) is 0 Å². The maximum Gasteiger partial charge on any atom is 0.277 e. The van der Waals surface area contributed by atoms with Crippen LogP contribution in [0.15, 0.2) is 66.7 Å². The van der Waals surface area contributed by atoms with Crippen molar-refractivity contribution in [2.24, 2.45) is 0 Å². The van der Waals surface area contributed by atoms with E-state index in [0.717, 1.165) is 28.9 Å². The molecular formula is C23H21N3O2. The van der Waals surface area contributed by atoms with Crippen LogP contribution in [0.3, 0.4) is 0 Å². The Balaban J connectivity index is 1.60. The maximum atomic E-state index is 13.1. The third-order valence-electron chi connectivity index (χ3n) is 5.02. The zero-order valence-electron chi connectivity index (χ0n) is 15.8. The number of carbonyl (C=O) groups is 2. The normalized spacial score (nSPS) is 15.2. The van der Waals surface area contributed by atoms with E-state index < -0.39 is 0 Å². The fourth-order valence-electron chi connectivity index (χ4n) is 3.58. The lowest BCUT2D eigenvalue weighted by molar-refractivity contribution is 0.0976. The first-order chi connectivity index (χ1) is 13.5. The molecule has 1 atom stereocenters. The molecule has 4 rings (SSSR count). The van der Waals surface area contributed by atoms with Crippen LogP contribution >= 0.6 is 0 Å². The molecule has 0 radical (unpaired) electrons. The van der Waals surface area contributed by atoms with E-state index in [-0.39, 0.29) is 29.2 Å². The van der Waals surface area contributed by atoms with Crippen molar-refractivity contribution < 1.29 is 9.59 Å². The van der Waals surface area contributed by atoms with Crippen LogP contribution in [0, 0.1) is 6.92 Å². The van der Waals surface area contributed by atoms with Gasteiger partial charge in [-0.05, 0) is 55.7 Å². The predicted octanol–water partition coefficient (Wildman–Crippen LogP) is 4.23. The fraction of sp³-hybridized carbons (Fsp3) is 0.174. The fourth-order valence-corrected chi connectivity index (χ4v) is 3.58. The second kappa shape index (κ2) is 7.27. The number of carbonyl (C=O) groups excluding carboxylic acids is 2. The summed E-state index contributed by atoms with van der Waals surface area (Å²) in [5.74, 6) is -0.526. The van der Waals surface area contributed by atoms with E-state index >= 15 is 0 Å². The van der Waals surface area contributed by atoms with E-state index in [9.17, 15) is 9.59 Å². The van der Waals surface area contributed by atoms with Gasteiger partial charge in [0, 0.05) is 17.4 Å². The number of pyridine rings is 1. The molecule has 1 aliphatic rings. The van der Waals surface area contributed by atoms with E-state index in [2.05, 4.69) is 10.3 Å². The molecule has 5 heteroatoms. The second-order valence-electron chi connectivity index (χ2n) is 7.03. The molecule has 3 aromatic rings. The van der Waals surface area contributed by atoms with Crippen LogP contribution in [0.2, 0.25) is 0 Å². The Morgan fingerprint density at radius 2 is 1.68 bits per heavy atom. The number of benzene rings is 2. The van der Waals surface area contributed by atoms with Crippen LogP contribution in [-0.2, 0) is 6.42 Å². The molecule has 0 saturated heterocycles. The van der Waals surface area contributed by atoms with Crippen LogP contribution in [0.25, 0.3) is 0 Å². The summed E-state index contributed by atoms with van der Waals surface area (Å²) in [6.45, 7) is 3.95. The maximum absolute atomic E-state index is 13.1. The van der Waals surface area contributed by atoms with Gasteiger partial charge in [-0.1, -0.05) is 42.5 Å². The van der Waals surface area contributed by atoms with Gasteiger partial charge >= 0.3 is 0 Å². The number of fused-ring (bicyclic) bond motifs is 1. The Morgan fingerprint density at radius 3 is 2.50 bits per heavy atom. The summed E-state index contributed by atoms with van der Waals surface area (Å²) in [5.41, 5.74) is 4.24. The molecule has 1 aliphatic heterocycles. The molecule has 0 aliphatic carbocycles. The number of hydrogen-bond donors (Lipinski definition) is 1. The highest BCUT2D eigenvalue weighted by atomic mass is 16.2. The zero-order valence-corrected chi connectivity index (χ0v) is 15.8. The molecule has 28 heavy (non-hydrogen) atoms. The third-order valence-corrected chi connectivity index (χ3v) is 5.02. The minimum Gasteiger partial charge on any atom is -0.320 e. The molecule has 1 unspecified atom stereocenters. The van der Waals surface area contributed by atoms with Crippen LogP contribution in [0.5, 0.6) is 0 Å². The summed E-state index contributed by atoms with van der Waals surface area (Å²) >= 11 is 0. The van der Waals surface area contributed by atoms with Crippen molar-refractivity contribution in [3.63, 3.8) is 0 Å². The predicted molar refractivity (Wildman–Crippen MR) is 110 cm³/mol. The molecule has 2 amide bonds. The van der Waals surface area contributed by atoms with Gasteiger partial charge in [0.25, 0.3) is 11.8 Å². The van der Waals surface area contributed by atoms with Crippen molar-refractivity contribution in [2.45, 2.75) is 26.3 Å². The van der Waals surface area contributed by atoms with Gasteiger partial charge in [-0.3, -0.25) is 9.59 Å². The molecule has 5 nitrogen and oxygen atoms in total. The number of aromatic nitrogens is 1. The molecule has 2 aromatic carbocycles. The SMILES string of the molecule is Cc1ccccc1NC(=O)c1cccc(C(=O)N2c3ccccc3CC2C)n1. The van der Waals surface area contributed by atoms with Crippen molar-refractivity contribution in [1.82, 2.24) is 4.98 Å². The third kappa shape index (κ3) is 3.27. The average Bonchev–Trinajstić information content (AvgIpc) is 3.05. The van der Waals surface area contributed by atoms with Crippen molar-refractivity contribution in [1.29, 1.82) is 0 Å². The van der Waals surface area contributed by atoms with Crippen LogP contribution in [0.1, 0.15) is 39.0 Å². The minimum atomic E-state index is -0.334. The molecule has 0 spiro atoms. The minimum absolute atomic E-state index is 0.0520. The Kier molecular flexibility index (Phi) is 4.65. The van der Waals surface area contributed by atoms with Gasteiger partial charge in [0.05, 0.1) is 0 Å². The van der Waals surface area contributed by atoms with E-state index in [1.165, 1.54) is 0 Å². The lowest BCUT2D eigenvalue weighted by atomic mass is 10.1. The summed E-state index contributed by atoms with van der Waals surface area (Å²) in [6.07, 6.45) is 0.815. The second-order valence-corrected chi connectivity index (χ2v) is 7.03. The van der Waals surface area contributed by atoms with E-state index in [4.69, 9.17) is 0 Å². The first-order valence-electron chi connectivity index (χ1n) is 9.30. The Labute approximate surface area is 164 Å². The molecule has 140 valence electrons. The van der Waals surface area contributed by atoms with Gasteiger partial charge in [0.2, 0.25) is 0 Å². The Morgan fingerprint density at radius 1 is 0.964 bits per heavy atom. The average molecular weight is 371 g/mol. The lowest BCUT2D eigenvalue weighted by Gasteiger charge is -2.22. The smallest absolute Gasteiger partial charge is 0.277 e. The highest BCUT2D eigenvalue weighted by Crippen LogP contribution is 2.32. The van der Waals surface area contributed by atoms with Gasteiger partial charge in [-0.2, -0.15) is 0 Å². The van der Waals surface area contributed by atoms with Crippen molar-refractivity contribution in [3.05, 3.63) is 89.2 Å². The molecule has 0 fully saturated rings. The van der Waals surface area contributed by atoms with Gasteiger partial charge in [-0.15, -0.1) is 0 Å².